The zero-order valence-electron chi connectivity index (χ0n) is 9.66. The van der Waals surface area contributed by atoms with Crippen LogP contribution in [0.4, 0.5) is 0 Å². The summed E-state index contributed by atoms with van der Waals surface area (Å²) >= 11 is 0. The van der Waals surface area contributed by atoms with Crippen molar-refractivity contribution in [2.24, 2.45) is 11.8 Å². The number of nitrogens with one attached hydrogen (secondary N) is 1. The predicted molar refractivity (Wildman–Crippen MR) is 62.5 cm³/mol. The molecule has 3 unspecified atom stereocenters. The predicted octanol–water partition coefficient (Wildman–Crippen LogP) is 1.76. The van der Waals surface area contributed by atoms with Gasteiger partial charge in [0.25, 0.3) is 0 Å². The Morgan fingerprint density at radius 3 is 3.20 bits per heavy atom. The van der Waals surface area contributed by atoms with Crippen LogP contribution in [0.15, 0.2) is 23.4 Å². The van der Waals surface area contributed by atoms with Crippen molar-refractivity contribution in [3.63, 3.8) is 0 Å². The minimum atomic E-state index is 0.673. The first-order valence-corrected chi connectivity index (χ1v) is 6.11. The zero-order chi connectivity index (χ0) is 10.4. The van der Waals surface area contributed by atoms with Crippen LogP contribution in [0.3, 0.4) is 0 Å². The zero-order valence-corrected chi connectivity index (χ0v) is 9.66. The van der Waals surface area contributed by atoms with E-state index in [-0.39, 0.29) is 0 Å². The average molecular weight is 204 g/mol. The molecule has 0 bridgehead atoms. The van der Waals surface area contributed by atoms with Gasteiger partial charge in [-0.25, -0.2) is 0 Å². The molecule has 2 heterocycles. The number of likely N-dealkylation sites (N-methyl/N-ethyl adjacent to an activating group) is 1. The Balaban J connectivity index is 1.87. The first-order valence-electron chi connectivity index (χ1n) is 6.11. The molecule has 2 aliphatic heterocycles. The molecule has 15 heavy (non-hydrogen) atoms. The number of allylic oxidation sites excluding steroid dienone is 3. The maximum Gasteiger partial charge on any atom is 0.0457 e. The molecule has 0 aromatic rings. The molecule has 2 nitrogen and oxygen atoms in total. The third kappa shape index (κ3) is 1.51. The van der Waals surface area contributed by atoms with Gasteiger partial charge in [-0.15, -0.1) is 0 Å². The maximum absolute atomic E-state index is 3.71. The minimum absolute atomic E-state index is 0.673. The van der Waals surface area contributed by atoms with Gasteiger partial charge in [0.2, 0.25) is 0 Å². The van der Waals surface area contributed by atoms with E-state index < -0.39 is 0 Å². The molecule has 1 aliphatic carbocycles. The summed E-state index contributed by atoms with van der Waals surface area (Å²) in [6.45, 7) is 4.76. The van der Waals surface area contributed by atoms with E-state index in [1.54, 1.807) is 5.57 Å². The molecule has 3 atom stereocenters. The summed E-state index contributed by atoms with van der Waals surface area (Å²) < 4.78 is 0. The van der Waals surface area contributed by atoms with Crippen LogP contribution in [0, 0.1) is 11.8 Å². The van der Waals surface area contributed by atoms with Crippen LogP contribution in [0.2, 0.25) is 0 Å². The lowest BCUT2D eigenvalue weighted by Gasteiger charge is -2.32. The number of hydrogen-bond acceptors (Lipinski definition) is 2. The fraction of sp³-hybridized carbons (Fsp3) is 0.692. The number of piperidine rings is 1. The number of likely N-dealkylation sites (tertiary alicyclic amines) is 1. The van der Waals surface area contributed by atoms with E-state index in [1.807, 2.05) is 0 Å². The van der Waals surface area contributed by atoms with E-state index in [2.05, 4.69) is 36.3 Å². The minimum Gasteiger partial charge on any atom is -0.380 e. The van der Waals surface area contributed by atoms with Crippen LogP contribution in [-0.4, -0.2) is 31.1 Å². The van der Waals surface area contributed by atoms with Crippen molar-refractivity contribution < 1.29 is 0 Å². The first-order chi connectivity index (χ1) is 7.24. The quantitative estimate of drug-likeness (QED) is 0.647. The standard InChI is InChI=1S/C13H20N2/c1-9-3-4-10-11-5-6-15(2)8-13(11)14-12(10)7-9/h4,7,9,11,13-14H,3,5-6,8H2,1-2H3. The molecule has 0 spiro atoms. The van der Waals surface area contributed by atoms with E-state index in [1.165, 1.54) is 31.6 Å². The fourth-order valence-corrected chi connectivity index (χ4v) is 3.19. The number of rotatable bonds is 0. The Kier molecular flexibility index (Phi) is 2.13. The molecule has 3 aliphatic rings. The molecule has 0 saturated carbocycles. The lowest BCUT2D eigenvalue weighted by Crippen LogP contribution is -2.44. The summed E-state index contributed by atoms with van der Waals surface area (Å²) in [6, 6.07) is 0.673. The molecule has 0 aromatic heterocycles. The second kappa shape index (κ2) is 3.38. The number of nitrogens with zero attached hydrogens (tertiary/aromatic N) is 1. The molecule has 3 rings (SSSR count). The van der Waals surface area contributed by atoms with Gasteiger partial charge in [0, 0.05) is 24.2 Å². The highest BCUT2D eigenvalue weighted by molar-refractivity contribution is 5.41. The fourth-order valence-electron chi connectivity index (χ4n) is 3.19. The van der Waals surface area contributed by atoms with Gasteiger partial charge in [-0.05, 0) is 37.9 Å². The largest absolute Gasteiger partial charge is 0.380 e. The van der Waals surface area contributed by atoms with E-state index in [0.29, 0.717) is 12.0 Å². The third-order valence-corrected chi connectivity index (χ3v) is 4.03. The SMILES string of the molecule is CC1C=C2NC3CN(C)CCC3C2=CC1. The molecule has 2 heteroatoms. The second-order valence-corrected chi connectivity index (χ2v) is 5.36. The van der Waals surface area contributed by atoms with E-state index >= 15 is 0 Å². The summed E-state index contributed by atoms with van der Waals surface area (Å²) in [5.41, 5.74) is 3.06. The highest BCUT2D eigenvalue weighted by Crippen LogP contribution is 2.38. The molecule has 2 saturated heterocycles. The molecule has 0 amide bonds. The van der Waals surface area contributed by atoms with Gasteiger partial charge in [-0.3, -0.25) is 0 Å². The Bertz CT molecular complexity index is 329. The summed E-state index contributed by atoms with van der Waals surface area (Å²) in [5.74, 6) is 1.51. The Hall–Kier alpha value is -0.760. The molecular weight excluding hydrogens is 184 g/mol. The number of hydrogen-bond donors (Lipinski definition) is 1. The lowest BCUT2D eigenvalue weighted by molar-refractivity contribution is 0.211. The molecule has 82 valence electrons. The van der Waals surface area contributed by atoms with Crippen molar-refractivity contribution >= 4 is 0 Å². The monoisotopic (exact) mass is 204 g/mol. The highest BCUT2D eigenvalue weighted by Gasteiger charge is 2.38. The van der Waals surface area contributed by atoms with Crippen LogP contribution in [0.5, 0.6) is 0 Å². The van der Waals surface area contributed by atoms with E-state index in [0.717, 1.165) is 5.92 Å². The van der Waals surface area contributed by atoms with Gasteiger partial charge < -0.3 is 10.2 Å². The van der Waals surface area contributed by atoms with Crippen LogP contribution < -0.4 is 5.32 Å². The van der Waals surface area contributed by atoms with Crippen molar-refractivity contribution in [1.29, 1.82) is 0 Å². The Morgan fingerprint density at radius 2 is 2.33 bits per heavy atom. The van der Waals surface area contributed by atoms with Gasteiger partial charge >= 0.3 is 0 Å². The van der Waals surface area contributed by atoms with E-state index in [9.17, 15) is 0 Å². The molecule has 0 radical (unpaired) electrons. The van der Waals surface area contributed by atoms with Gasteiger partial charge in [0.1, 0.15) is 0 Å². The third-order valence-electron chi connectivity index (χ3n) is 4.03. The molecule has 1 N–H and O–H groups in total. The number of fused-ring (bicyclic) bond motifs is 3. The van der Waals surface area contributed by atoms with Crippen LogP contribution in [0.25, 0.3) is 0 Å². The van der Waals surface area contributed by atoms with Crippen LogP contribution >= 0.6 is 0 Å². The smallest absolute Gasteiger partial charge is 0.0457 e. The van der Waals surface area contributed by atoms with Gasteiger partial charge in [0.05, 0.1) is 0 Å². The summed E-state index contributed by atoms with van der Waals surface area (Å²) in [4.78, 5) is 2.44. The van der Waals surface area contributed by atoms with Crippen molar-refractivity contribution in [3.05, 3.63) is 23.4 Å². The van der Waals surface area contributed by atoms with Crippen molar-refractivity contribution in [1.82, 2.24) is 10.2 Å². The van der Waals surface area contributed by atoms with Crippen LogP contribution in [-0.2, 0) is 0 Å². The summed E-state index contributed by atoms with van der Waals surface area (Å²) in [6.07, 6.45) is 7.46. The molecule has 0 aromatic carbocycles. The Labute approximate surface area is 92.0 Å². The second-order valence-electron chi connectivity index (χ2n) is 5.36. The molecule has 2 fully saturated rings. The Morgan fingerprint density at radius 1 is 1.47 bits per heavy atom. The summed E-state index contributed by atoms with van der Waals surface area (Å²) in [5, 5.41) is 3.71. The lowest BCUT2D eigenvalue weighted by atomic mass is 9.85. The molecular formula is C13H20N2. The van der Waals surface area contributed by atoms with Gasteiger partial charge in [-0.1, -0.05) is 19.1 Å². The van der Waals surface area contributed by atoms with E-state index in [4.69, 9.17) is 0 Å². The van der Waals surface area contributed by atoms with Crippen molar-refractivity contribution in [2.75, 3.05) is 20.1 Å². The average Bonchev–Trinajstić information content (AvgIpc) is 2.53. The van der Waals surface area contributed by atoms with Crippen molar-refractivity contribution in [3.8, 4) is 0 Å². The maximum atomic E-state index is 3.71. The van der Waals surface area contributed by atoms with Gasteiger partial charge in [-0.2, -0.15) is 0 Å². The summed E-state index contributed by atoms with van der Waals surface area (Å²) in [7, 11) is 2.23. The van der Waals surface area contributed by atoms with Crippen LogP contribution in [0.1, 0.15) is 19.8 Å². The normalized spacial score (nSPS) is 40.0. The van der Waals surface area contributed by atoms with Crippen molar-refractivity contribution in [2.45, 2.75) is 25.8 Å². The highest BCUT2D eigenvalue weighted by atomic mass is 15.2. The first kappa shape index (κ1) is 9.46. The van der Waals surface area contributed by atoms with Gasteiger partial charge in [0.15, 0.2) is 0 Å². The topological polar surface area (TPSA) is 15.3 Å².